The van der Waals surface area contributed by atoms with E-state index >= 15 is 0 Å². The summed E-state index contributed by atoms with van der Waals surface area (Å²) in [6.07, 6.45) is 18.7. The van der Waals surface area contributed by atoms with E-state index in [1.54, 1.807) is 0 Å². The number of hydrogen-bond acceptors (Lipinski definition) is 1. The van der Waals surface area contributed by atoms with Gasteiger partial charge < -0.3 is 0 Å². The molecule has 2 heterocycles. The number of benzene rings is 3. The molecule has 0 unspecified atom stereocenters. The van der Waals surface area contributed by atoms with Crippen LogP contribution in [-0.2, 0) is 0 Å². The molecule has 7 rings (SSSR count). The SMILES string of the molecule is C#CCC1(C)CCC(c2cccc(C3CCC(C)(C)CC3)c2-c2cnc3c4ccccc4c4ccccc4n23)CC1. The Morgan fingerprint density at radius 2 is 1.34 bits per heavy atom. The van der Waals surface area contributed by atoms with E-state index < -0.39 is 0 Å². The van der Waals surface area contributed by atoms with Crippen molar-refractivity contribution < 1.29 is 0 Å². The van der Waals surface area contributed by atoms with Crippen LogP contribution < -0.4 is 0 Å². The predicted molar refractivity (Wildman–Crippen MR) is 173 cm³/mol. The molecule has 0 spiro atoms. The van der Waals surface area contributed by atoms with Crippen LogP contribution in [0, 0.1) is 23.2 Å². The van der Waals surface area contributed by atoms with Gasteiger partial charge in [-0.05, 0) is 96.6 Å². The molecule has 5 aromatic rings. The fourth-order valence-electron chi connectivity index (χ4n) is 8.10. The van der Waals surface area contributed by atoms with Gasteiger partial charge in [-0.2, -0.15) is 0 Å². The average Bonchev–Trinajstić information content (AvgIpc) is 3.43. The summed E-state index contributed by atoms with van der Waals surface area (Å²) >= 11 is 0. The third kappa shape index (κ3) is 4.55. The van der Waals surface area contributed by atoms with E-state index in [1.807, 2.05) is 0 Å². The maximum Gasteiger partial charge on any atom is 0.145 e. The minimum atomic E-state index is 0.274. The van der Waals surface area contributed by atoms with Crippen molar-refractivity contribution in [1.29, 1.82) is 0 Å². The summed E-state index contributed by atoms with van der Waals surface area (Å²) < 4.78 is 2.47. The summed E-state index contributed by atoms with van der Waals surface area (Å²) in [4.78, 5) is 5.16. The Hall–Kier alpha value is -3.57. The lowest BCUT2D eigenvalue weighted by molar-refractivity contribution is 0.205. The summed E-state index contributed by atoms with van der Waals surface area (Å²) in [7, 11) is 0. The van der Waals surface area contributed by atoms with Gasteiger partial charge in [-0.3, -0.25) is 4.40 Å². The Kier molecular flexibility index (Phi) is 6.46. The third-order valence-electron chi connectivity index (χ3n) is 10.7. The van der Waals surface area contributed by atoms with E-state index in [1.165, 1.54) is 95.4 Å². The Labute approximate surface area is 245 Å². The summed E-state index contributed by atoms with van der Waals surface area (Å²) in [6.45, 7) is 7.28. The highest BCUT2D eigenvalue weighted by Crippen LogP contribution is 2.50. The first kappa shape index (κ1) is 26.3. The lowest BCUT2D eigenvalue weighted by Crippen LogP contribution is -2.24. The molecule has 0 amide bonds. The van der Waals surface area contributed by atoms with Crippen molar-refractivity contribution in [2.24, 2.45) is 10.8 Å². The van der Waals surface area contributed by atoms with Gasteiger partial charge in [0.05, 0.1) is 17.4 Å². The van der Waals surface area contributed by atoms with Crippen LogP contribution in [0.1, 0.15) is 102 Å². The summed E-state index contributed by atoms with van der Waals surface area (Å²) in [5.41, 5.74) is 8.79. The second kappa shape index (κ2) is 10.1. The second-order valence-electron chi connectivity index (χ2n) is 14.1. The van der Waals surface area contributed by atoms with Gasteiger partial charge in [0, 0.05) is 22.8 Å². The van der Waals surface area contributed by atoms with Gasteiger partial charge in [0.25, 0.3) is 0 Å². The van der Waals surface area contributed by atoms with E-state index in [9.17, 15) is 0 Å². The molecule has 2 nitrogen and oxygen atoms in total. The maximum absolute atomic E-state index is 5.78. The number of aromatic nitrogens is 2. The highest BCUT2D eigenvalue weighted by atomic mass is 15.0. The number of rotatable bonds is 4. The average molecular weight is 539 g/mol. The number of pyridine rings is 1. The van der Waals surface area contributed by atoms with Gasteiger partial charge in [-0.15, -0.1) is 12.3 Å². The molecule has 3 aromatic carbocycles. The molecule has 41 heavy (non-hydrogen) atoms. The minimum Gasteiger partial charge on any atom is -0.292 e. The van der Waals surface area contributed by atoms with E-state index in [2.05, 4.69) is 104 Å². The molecule has 208 valence electrons. The largest absolute Gasteiger partial charge is 0.292 e. The summed E-state index contributed by atoms with van der Waals surface area (Å²) in [5.74, 6) is 4.10. The van der Waals surface area contributed by atoms with Crippen molar-refractivity contribution in [2.75, 3.05) is 0 Å². The zero-order valence-electron chi connectivity index (χ0n) is 24.9. The van der Waals surface area contributed by atoms with Crippen LogP contribution in [0.25, 0.3) is 38.6 Å². The van der Waals surface area contributed by atoms with Crippen LogP contribution in [0.5, 0.6) is 0 Å². The third-order valence-corrected chi connectivity index (χ3v) is 10.7. The monoisotopic (exact) mass is 538 g/mol. The standard InChI is InChI=1S/C39H42N2/c1-5-21-39(4)24-19-28(20-25-39)30-15-10-14-29(27-17-22-38(2,3)23-18-27)36(30)35-26-40-37-33-13-7-6-11-31(33)32-12-8-9-16-34(32)41(35)37/h1,6-16,26-28H,17-25H2,2-4H3. The fourth-order valence-corrected chi connectivity index (χ4v) is 8.10. The van der Waals surface area contributed by atoms with E-state index in [0.29, 0.717) is 17.3 Å². The maximum atomic E-state index is 5.78. The lowest BCUT2D eigenvalue weighted by atomic mass is 9.66. The zero-order valence-corrected chi connectivity index (χ0v) is 24.9. The van der Waals surface area contributed by atoms with Crippen molar-refractivity contribution in [3.05, 3.63) is 84.1 Å². The van der Waals surface area contributed by atoms with Crippen LogP contribution in [-0.4, -0.2) is 9.38 Å². The van der Waals surface area contributed by atoms with Crippen molar-refractivity contribution >= 4 is 27.3 Å². The molecule has 0 bridgehead atoms. The number of imidazole rings is 1. The number of nitrogens with zero attached hydrogens (tertiary/aromatic N) is 2. The molecule has 2 aromatic heterocycles. The quantitative estimate of drug-likeness (QED) is 0.164. The van der Waals surface area contributed by atoms with Gasteiger partial charge in [0.1, 0.15) is 5.65 Å². The lowest BCUT2D eigenvalue weighted by Gasteiger charge is -2.38. The molecule has 0 atom stereocenters. The van der Waals surface area contributed by atoms with E-state index in [-0.39, 0.29) is 5.41 Å². The molecule has 0 saturated heterocycles. The molecule has 2 aliphatic carbocycles. The molecular formula is C39H42N2. The number of terminal acetylenes is 1. The highest BCUT2D eigenvalue weighted by Gasteiger charge is 2.35. The van der Waals surface area contributed by atoms with Crippen LogP contribution in [0.3, 0.4) is 0 Å². The number of fused-ring (bicyclic) bond motifs is 6. The first-order valence-electron chi connectivity index (χ1n) is 15.7. The first-order valence-corrected chi connectivity index (χ1v) is 15.7. The predicted octanol–water partition coefficient (Wildman–Crippen LogP) is 10.7. The molecule has 2 saturated carbocycles. The van der Waals surface area contributed by atoms with Gasteiger partial charge >= 0.3 is 0 Å². The Morgan fingerprint density at radius 1 is 0.756 bits per heavy atom. The topological polar surface area (TPSA) is 17.3 Å². The van der Waals surface area contributed by atoms with E-state index in [4.69, 9.17) is 11.4 Å². The van der Waals surface area contributed by atoms with Crippen molar-refractivity contribution in [3.63, 3.8) is 0 Å². The van der Waals surface area contributed by atoms with Crippen molar-refractivity contribution in [3.8, 4) is 23.6 Å². The summed E-state index contributed by atoms with van der Waals surface area (Å²) in [5, 5.41) is 3.78. The fraction of sp³-hybridized carbons (Fsp3) is 0.410. The van der Waals surface area contributed by atoms with Crippen LogP contribution in [0.2, 0.25) is 0 Å². The van der Waals surface area contributed by atoms with Crippen molar-refractivity contribution in [1.82, 2.24) is 9.38 Å². The normalized spacial score (nSPS) is 23.2. The van der Waals surface area contributed by atoms with Gasteiger partial charge in [0.15, 0.2) is 0 Å². The van der Waals surface area contributed by atoms with Gasteiger partial charge in [0.2, 0.25) is 0 Å². The first-order chi connectivity index (χ1) is 19.9. The zero-order chi connectivity index (χ0) is 28.2. The molecule has 2 heteroatoms. The number of hydrogen-bond donors (Lipinski definition) is 0. The Bertz CT molecular complexity index is 1780. The van der Waals surface area contributed by atoms with E-state index in [0.717, 1.165) is 12.1 Å². The van der Waals surface area contributed by atoms with Crippen LogP contribution >= 0.6 is 0 Å². The molecule has 2 aliphatic rings. The molecular weight excluding hydrogens is 496 g/mol. The Balaban J connectivity index is 1.45. The Morgan fingerprint density at radius 3 is 2.00 bits per heavy atom. The molecule has 0 radical (unpaired) electrons. The van der Waals surface area contributed by atoms with Crippen LogP contribution in [0.15, 0.2) is 72.9 Å². The molecule has 2 fully saturated rings. The minimum absolute atomic E-state index is 0.274. The highest BCUT2D eigenvalue weighted by molar-refractivity contribution is 6.12. The van der Waals surface area contributed by atoms with Crippen molar-refractivity contribution in [2.45, 2.75) is 90.4 Å². The van der Waals surface area contributed by atoms with Gasteiger partial charge in [-0.1, -0.05) is 81.4 Å². The second-order valence-corrected chi connectivity index (χ2v) is 14.1. The smallest absolute Gasteiger partial charge is 0.145 e. The van der Waals surface area contributed by atoms with Gasteiger partial charge in [-0.25, -0.2) is 4.98 Å². The number of para-hydroxylation sites is 1. The molecule has 0 N–H and O–H groups in total. The summed E-state index contributed by atoms with van der Waals surface area (Å²) in [6, 6.07) is 24.9. The molecule has 0 aliphatic heterocycles. The van der Waals surface area contributed by atoms with Crippen LogP contribution in [0.4, 0.5) is 0 Å².